The number of carboxylic acid groups (broad SMARTS) is 1. The Kier molecular flexibility index (Phi) is 5.64. The van der Waals surface area contributed by atoms with Gasteiger partial charge < -0.3 is 10.4 Å². The van der Waals surface area contributed by atoms with E-state index in [0.717, 1.165) is 9.35 Å². The molecular weight excluding hydrogens is 306 g/mol. The highest BCUT2D eigenvalue weighted by Crippen LogP contribution is 2.22. The van der Waals surface area contributed by atoms with Crippen LogP contribution < -0.4 is 5.32 Å². The molecule has 1 heterocycles. The molecule has 1 unspecified atom stereocenters. The summed E-state index contributed by atoms with van der Waals surface area (Å²) < 4.78 is 0.987. The zero-order valence-corrected chi connectivity index (χ0v) is 11.8. The lowest BCUT2D eigenvalue weighted by Gasteiger charge is -2.08. The van der Waals surface area contributed by atoms with E-state index in [4.69, 9.17) is 5.11 Å². The second-order valence-electron chi connectivity index (χ2n) is 3.88. The first-order valence-electron chi connectivity index (χ1n) is 5.19. The van der Waals surface area contributed by atoms with Crippen LogP contribution in [0.15, 0.2) is 15.9 Å². The van der Waals surface area contributed by atoms with Crippen LogP contribution in [0.3, 0.4) is 0 Å². The number of carbonyl (C=O) groups excluding carboxylic acids is 1. The normalized spacial score (nSPS) is 12.1. The van der Waals surface area contributed by atoms with Gasteiger partial charge in [0.15, 0.2) is 0 Å². The Hall–Kier alpha value is -0.880. The molecule has 0 fully saturated rings. The number of rotatable bonds is 6. The molecule has 0 saturated heterocycles. The standard InChI is InChI=1S/C11H14BrNO3S/c1-7(5-11(15)16)4-10(14)13-6-9-8(12)2-3-17-9/h2-3,7H,4-6H2,1H3,(H,13,14)(H,15,16). The quantitative estimate of drug-likeness (QED) is 0.847. The largest absolute Gasteiger partial charge is 0.481 e. The maximum atomic E-state index is 11.5. The highest BCUT2D eigenvalue weighted by Gasteiger charge is 2.12. The third kappa shape index (κ3) is 5.32. The van der Waals surface area contributed by atoms with Gasteiger partial charge in [-0.1, -0.05) is 6.92 Å². The number of nitrogens with one attached hydrogen (secondary N) is 1. The third-order valence-electron chi connectivity index (χ3n) is 2.19. The summed E-state index contributed by atoms with van der Waals surface area (Å²) in [5.41, 5.74) is 0. The molecular formula is C11H14BrNO3S. The first-order valence-corrected chi connectivity index (χ1v) is 6.86. The molecule has 1 aromatic heterocycles. The van der Waals surface area contributed by atoms with Gasteiger partial charge in [0, 0.05) is 22.2 Å². The van der Waals surface area contributed by atoms with Gasteiger partial charge in [0.05, 0.1) is 6.54 Å². The Morgan fingerprint density at radius 3 is 2.76 bits per heavy atom. The summed E-state index contributed by atoms with van der Waals surface area (Å²) in [4.78, 5) is 23.0. The highest BCUT2D eigenvalue weighted by molar-refractivity contribution is 9.10. The molecule has 0 aromatic carbocycles. The zero-order chi connectivity index (χ0) is 12.8. The van der Waals surface area contributed by atoms with Gasteiger partial charge in [-0.15, -0.1) is 11.3 Å². The minimum Gasteiger partial charge on any atom is -0.481 e. The van der Waals surface area contributed by atoms with Crippen molar-refractivity contribution in [3.8, 4) is 0 Å². The summed E-state index contributed by atoms with van der Waals surface area (Å²) in [7, 11) is 0. The van der Waals surface area contributed by atoms with Crippen molar-refractivity contribution >= 4 is 39.1 Å². The van der Waals surface area contributed by atoms with Crippen molar-refractivity contribution in [2.24, 2.45) is 5.92 Å². The molecule has 1 aromatic rings. The van der Waals surface area contributed by atoms with Crippen molar-refractivity contribution in [1.82, 2.24) is 5.32 Å². The molecule has 4 nitrogen and oxygen atoms in total. The van der Waals surface area contributed by atoms with E-state index in [1.54, 1.807) is 18.3 Å². The van der Waals surface area contributed by atoms with Crippen molar-refractivity contribution in [3.05, 3.63) is 20.8 Å². The van der Waals surface area contributed by atoms with Crippen molar-refractivity contribution in [1.29, 1.82) is 0 Å². The second-order valence-corrected chi connectivity index (χ2v) is 5.73. The van der Waals surface area contributed by atoms with E-state index >= 15 is 0 Å². The number of halogens is 1. The highest BCUT2D eigenvalue weighted by atomic mass is 79.9. The predicted molar refractivity (Wildman–Crippen MR) is 69.9 cm³/mol. The van der Waals surface area contributed by atoms with Crippen molar-refractivity contribution in [3.63, 3.8) is 0 Å². The Labute approximate surface area is 112 Å². The van der Waals surface area contributed by atoms with Crippen molar-refractivity contribution < 1.29 is 14.7 Å². The van der Waals surface area contributed by atoms with E-state index in [-0.39, 0.29) is 24.7 Å². The number of carbonyl (C=O) groups is 2. The molecule has 6 heteroatoms. The van der Waals surface area contributed by atoms with Crippen LogP contribution >= 0.6 is 27.3 Å². The van der Waals surface area contributed by atoms with E-state index in [0.29, 0.717) is 6.54 Å². The van der Waals surface area contributed by atoms with Crippen LogP contribution in [0.1, 0.15) is 24.6 Å². The zero-order valence-electron chi connectivity index (χ0n) is 9.40. The topological polar surface area (TPSA) is 66.4 Å². The molecule has 17 heavy (non-hydrogen) atoms. The van der Waals surface area contributed by atoms with E-state index in [2.05, 4.69) is 21.2 Å². The van der Waals surface area contributed by atoms with Crippen molar-refractivity contribution in [2.75, 3.05) is 0 Å². The monoisotopic (exact) mass is 319 g/mol. The molecule has 0 saturated carbocycles. The van der Waals surface area contributed by atoms with E-state index in [1.165, 1.54) is 0 Å². The van der Waals surface area contributed by atoms with Gasteiger partial charge in [0.25, 0.3) is 0 Å². The number of hydrogen-bond acceptors (Lipinski definition) is 3. The molecule has 0 spiro atoms. The van der Waals surface area contributed by atoms with E-state index in [9.17, 15) is 9.59 Å². The molecule has 0 aliphatic carbocycles. The number of thiophene rings is 1. The number of aliphatic carboxylic acids is 1. The SMILES string of the molecule is CC(CC(=O)O)CC(=O)NCc1sccc1Br. The molecule has 1 rings (SSSR count). The fourth-order valence-corrected chi connectivity index (χ4v) is 2.82. The molecule has 0 aliphatic rings. The predicted octanol–water partition coefficient (Wildman–Crippen LogP) is 2.63. The summed E-state index contributed by atoms with van der Waals surface area (Å²) in [6.45, 7) is 2.24. The van der Waals surface area contributed by atoms with Crippen LogP contribution in [0, 0.1) is 5.92 Å². The first-order chi connectivity index (χ1) is 7.99. The van der Waals surface area contributed by atoms with E-state index in [1.807, 2.05) is 11.4 Å². The summed E-state index contributed by atoms with van der Waals surface area (Å²) in [6, 6.07) is 1.93. The second kappa shape index (κ2) is 6.76. The number of amides is 1. The summed E-state index contributed by atoms with van der Waals surface area (Å²) in [5.74, 6) is -1.12. The van der Waals surface area contributed by atoms with Gasteiger partial charge in [-0.3, -0.25) is 9.59 Å². The van der Waals surface area contributed by atoms with Crippen LogP contribution in [-0.2, 0) is 16.1 Å². The van der Waals surface area contributed by atoms with Gasteiger partial charge in [-0.25, -0.2) is 0 Å². The van der Waals surface area contributed by atoms with Crippen molar-refractivity contribution in [2.45, 2.75) is 26.3 Å². The number of carboxylic acids is 1. The fourth-order valence-electron chi connectivity index (χ4n) is 1.39. The molecule has 0 aliphatic heterocycles. The van der Waals surface area contributed by atoms with Gasteiger partial charge in [-0.05, 0) is 33.3 Å². The number of hydrogen-bond donors (Lipinski definition) is 2. The summed E-state index contributed by atoms with van der Waals surface area (Å²) in [5, 5.41) is 13.3. The van der Waals surface area contributed by atoms with Crippen LogP contribution in [0.2, 0.25) is 0 Å². The maximum absolute atomic E-state index is 11.5. The molecule has 2 N–H and O–H groups in total. The molecule has 1 amide bonds. The van der Waals surface area contributed by atoms with Crippen LogP contribution in [-0.4, -0.2) is 17.0 Å². The average Bonchev–Trinajstić information content (AvgIpc) is 2.59. The summed E-state index contributed by atoms with van der Waals surface area (Å²) in [6.07, 6.45) is 0.269. The third-order valence-corrected chi connectivity index (χ3v) is 4.12. The maximum Gasteiger partial charge on any atom is 0.303 e. The van der Waals surface area contributed by atoms with Gasteiger partial charge in [0.1, 0.15) is 0 Å². The van der Waals surface area contributed by atoms with Gasteiger partial charge in [0.2, 0.25) is 5.91 Å². The lowest BCUT2D eigenvalue weighted by Crippen LogP contribution is -2.24. The molecule has 0 radical (unpaired) electrons. The smallest absolute Gasteiger partial charge is 0.303 e. The Morgan fingerprint density at radius 1 is 1.53 bits per heavy atom. The first kappa shape index (κ1) is 14.2. The van der Waals surface area contributed by atoms with Crippen LogP contribution in [0.5, 0.6) is 0 Å². The van der Waals surface area contributed by atoms with E-state index < -0.39 is 5.97 Å². The Morgan fingerprint density at radius 2 is 2.24 bits per heavy atom. The van der Waals surface area contributed by atoms with Crippen LogP contribution in [0.4, 0.5) is 0 Å². The lowest BCUT2D eigenvalue weighted by molar-refractivity contribution is -0.138. The van der Waals surface area contributed by atoms with Crippen LogP contribution in [0.25, 0.3) is 0 Å². The Balaban J connectivity index is 2.30. The lowest BCUT2D eigenvalue weighted by atomic mass is 10.0. The molecule has 94 valence electrons. The minimum absolute atomic E-state index is 0.0239. The Bertz CT molecular complexity index is 405. The molecule has 0 bridgehead atoms. The molecule has 1 atom stereocenters. The fraction of sp³-hybridized carbons (Fsp3) is 0.455. The van der Waals surface area contributed by atoms with Gasteiger partial charge in [-0.2, -0.15) is 0 Å². The summed E-state index contributed by atoms with van der Waals surface area (Å²) >= 11 is 4.95. The average molecular weight is 320 g/mol. The van der Waals surface area contributed by atoms with Gasteiger partial charge >= 0.3 is 5.97 Å². The minimum atomic E-state index is -0.869.